The highest BCUT2D eigenvalue weighted by Crippen LogP contribution is 2.31. The van der Waals surface area contributed by atoms with Gasteiger partial charge in [-0.25, -0.2) is 19.0 Å². The van der Waals surface area contributed by atoms with Crippen molar-refractivity contribution >= 4 is 34.6 Å². The Hall–Kier alpha value is -3.26. The van der Waals surface area contributed by atoms with Gasteiger partial charge in [0.2, 0.25) is 0 Å². The zero-order valence-electron chi connectivity index (χ0n) is 15.2. The number of thioether (sulfide) groups is 1. The molecule has 1 aromatic heterocycles. The van der Waals surface area contributed by atoms with Crippen molar-refractivity contribution in [2.24, 2.45) is 4.99 Å². The largest absolute Gasteiger partial charge is 0.300 e. The third kappa shape index (κ3) is 3.59. The molecule has 1 amide bonds. The number of aryl methyl sites for hydroxylation is 2. The second-order valence-electron chi connectivity index (χ2n) is 6.27. The van der Waals surface area contributed by atoms with Crippen LogP contribution in [0.5, 0.6) is 0 Å². The molecule has 4 rings (SSSR count). The van der Waals surface area contributed by atoms with Gasteiger partial charge in [-0.15, -0.1) is 0 Å². The number of carbonyl (C=O) groups is 1. The molecule has 0 unspecified atom stereocenters. The molecule has 0 aliphatic carbocycles. The molecule has 1 fully saturated rings. The van der Waals surface area contributed by atoms with Gasteiger partial charge in [0.05, 0.1) is 10.6 Å². The number of aromatic nitrogens is 3. The normalized spacial score (nSPS) is 16.8. The Morgan fingerprint density at radius 1 is 1.21 bits per heavy atom. The van der Waals surface area contributed by atoms with Crippen LogP contribution in [-0.2, 0) is 4.79 Å². The number of amidine groups is 1. The van der Waals surface area contributed by atoms with E-state index in [9.17, 15) is 9.18 Å². The third-order valence-corrected chi connectivity index (χ3v) is 5.15. The Morgan fingerprint density at radius 3 is 2.68 bits per heavy atom. The lowest BCUT2D eigenvalue weighted by atomic mass is 10.1. The monoisotopic (exact) mass is 393 g/mol. The van der Waals surface area contributed by atoms with E-state index in [0.29, 0.717) is 21.3 Å². The predicted molar refractivity (Wildman–Crippen MR) is 108 cm³/mol. The summed E-state index contributed by atoms with van der Waals surface area (Å²) in [6.45, 7) is 3.95. The van der Waals surface area contributed by atoms with Crippen LogP contribution in [0.2, 0.25) is 0 Å². The van der Waals surface area contributed by atoms with E-state index in [4.69, 9.17) is 0 Å². The number of carbonyl (C=O) groups excluding carboxylic acids is 1. The van der Waals surface area contributed by atoms with Crippen LogP contribution in [0.1, 0.15) is 16.7 Å². The predicted octanol–water partition coefficient (Wildman–Crippen LogP) is 3.91. The average Bonchev–Trinajstić information content (AvgIpc) is 3.29. The molecule has 6 nitrogen and oxygen atoms in total. The first kappa shape index (κ1) is 18.1. The summed E-state index contributed by atoms with van der Waals surface area (Å²) < 4.78 is 15.7. The van der Waals surface area contributed by atoms with Crippen molar-refractivity contribution in [1.82, 2.24) is 20.1 Å². The summed E-state index contributed by atoms with van der Waals surface area (Å²) in [5.41, 5.74) is 3.78. The van der Waals surface area contributed by atoms with Crippen molar-refractivity contribution < 1.29 is 9.18 Å². The number of nitrogens with one attached hydrogen (secondary N) is 1. The minimum atomic E-state index is -0.451. The molecule has 140 valence electrons. The maximum absolute atomic E-state index is 14.4. The maximum Gasteiger partial charge on any atom is 0.264 e. The van der Waals surface area contributed by atoms with Crippen LogP contribution in [0, 0.1) is 19.7 Å². The molecule has 1 saturated heterocycles. The molecule has 2 heterocycles. The SMILES string of the molecule is Cc1cccc(C)c1N=C1NC(=O)/C(=C\c2ccc(-n3cncn3)c(F)c2)S1. The summed E-state index contributed by atoms with van der Waals surface area (Å²) in [4.78, 5) is 21.1. The number of para-hydroxylation sites is 1. The van der Waals surface area contributed by atoms with Crippen LogP contribution >= 0.6 is 11.8 Å². The van der Waals surface area contributed by atoms with Crippen molar-refractivity contribution in [1.29, 1.82) is 0 Å². The van der Waals surface area contributed by atoms with E-state index in [2.05, 4.69) is 20.4 Å². The van der Waals surface area contributed by atoms with Crippen LogP contribution in [0.25, 0.3) is 11.8 Å². The molecule has 2 aromatic carbocycles. The summed E-state index contributed by atoms with van der Waals surface area (Å²) in [7, 11) is 0. The molecule has 1 aliphatic rings. The van der Waals surface area contributed by atoms with E-state index in [1.54, 1.807) is 18.2 Å². The number of rotatable bonds is 3. The molecule has 1 N–H and O–H groups in total. The first-order valence-corrected chi connectivity index (χ1v) is 9.33. The van der Waals surface area contributed by atoms with Crippen LogP contribution in [0.15, 0.2) is 59.0 Å². The van der Waals surface area contributed by atoms with Crippen LogP contribution in [0.3, 0.4) is 0 Å². The minimum Gasteiger partial charge on any atom is -0.300 e. The lowest BCUT2D eigenvalue weighted by Crippen LogP contribution is -2.19. The second-order valence-corrected chi connectivity index (χ2v) is 7.30. The Morgan fingerprint density at radius 2 is 2.00 bits per heavy atom. The second kappa shape index (κ2) is 7.40. The zero-order chi connectivity index (χ0) is 19.7. The zero-order valence-corrected chi connectivity index (χ0v) is 16.0. The first-order chi connectivity index (χ1) is 13.5. The summed E-state index contributed by atoms with van der Waals surface area (Å²) >= 11 is 1.23. The van der Waals surface area contributed by atoms with Gasteiger partial charge >= 0.3 is 0 Å². The quantitative estimate of drug-likeness (QED) is 0.685. The van der Waals surface area contributed by atoms with Gasteiger partial charge in [0.1, 0.15) is 24.2 Å². The molecular formula is C20H16FN5OS. The number of amides is 1. The van der Waals surface area contributed by atoms with Crippen LogP contribution < -0.4 is 5.32 Å². The fourth-order valence-corrected chi connectivity index (χ4v) is 3.67. The van der Waals surface area contributed by atoms with Crippen molar-refractivity contribution in [3.8, 4) is 5.69 Å². The molecule has 1 aliphatic heterocycles. The lowest BCUT2D eigenvalue weighted by Gasteiger charge is -2.04. The Balaban J connectivity index is 1.60. The van der Waals surface area contributed by atoms with E-state index in [1.165, 1.54) is 35.2 Å². The summed E-state index contributed by atoms with van der Waals surface area (Å²) in [6, 6.07) is 10.6. The highest BCUT2D eigenvalue weighted by Gasteiger charge is 2.24. The number of benzene rings is 2. The van der Waals surface area contributed by atoms with E-state index >= 15 is 0 Å². The molecule has 0 atom stereocenters. The van der Waals surface area contributed by atoms with Gasteiger partial charge in [-0.3, -0.25) is 4.79 Å². The summed E-state index contributed by atoms with van der Waals surface area (Å²) in [5.74, 6) is -0.705. The van der Waals surface area contributed by atoms with E-state index in [0.717, 1.165) is 16.8 Å². The minimum absolute atomic E-state index is 0.254. The van der Waals surface area contributed by atoms with Crippen LogP contribution in [-0.4, -0.2) is 25.8 Å². The first-order valence-electron chi connectivity index (χ1n) is 8.51. The van der Waals surface area contributed by atoms with Crippen LogP contribution in [0.4, 0.5) is 10.1 Å². The number of nitrogens with zero attached hydrogens (tertiary/aromatic N) is 4. The summed E-state index contributed by atoms with van der Waals surface area (Å²) in [5, 5.41) is 7.20. The summed E-state index contributed by atoms with van der Waals surface area (Å²) in [6.07, 6.45) is 4.40. The fraction of sp³-hybridized carbons (Fsp3) is 0.100. The Bertz CT molecular complexity index is 1100. The van der Waals surface area contributed by atoms with Crippen molar-refractivity contribution in [2.75, 3.05) is 0 Å². The third-order valence-electron chi connectivity index (χ3n) is 4.24. The topological polar surface area (TPSA) is 72.2 Å². The maximum atomic E-state index is 14.4. The Kier molecular flexibility index (Phi) is 4.79. The molecule has 8 heteroatoms. The molecule has 0 radical (unpaired) electrons. The molecule has 28 heavy (non-hydrogen) atoms. The van der Waals surface area contributed by atoms with Crippen molar-refractivity contribution in [2.45, 2.75) is 13.8 Å². The van der Waals surface area contributed by atoms with E-state index < -0.39 is 5.82 Å². The smallest absolute Gasteiger partial charge is 0.264 e. The molecule has 0 spiro atoms. The number of aliphatic imine (C=N–C) groups is 1. The highest BCUT2D eigenvalue weighted by atomic mass is 32.2. The number of hydrogen-bond donors (Lipinski definition) is 1. The van der Waals surface area contributed by atoms with Gasteiger partial charge in [-0.1, -0.05) is 24.3 Å². The average molecular weight is 393 g/mol. The molecular weight excluding hydrogens is 377 g/mol. The van der Waals surface area contributed by atoms with E-state index in [1.807, 2.05) is 32.0 Å². The van der Waals surface area contributed by atoms with E-state index in [-0.39, 0.29) is 5.91 Å². The standard InChI is InChI=1S/C20H16FN5OS/c1-12-4-3-5-13(2)18(12)24-20-25-19(27)17(28-20)9-14-6-7-16(15(21)8-14)26-11-22-10-23-26/h3-11H,1-2H3,(H,24,25,27)/b17-9+. The fourth-order valence-electron chi connectivity index (χ4n) is 2.85. The Labute approximate surface area is 165 Å². The van der Waals surface area contributed by atoms with Gasteiger partial charge in [0.15, 0.2) is 5.17 Å². The number of halogens is 1. The van der Waals surface area contributed by atoms with Gasteiger partial charge < -0.3 is 5.32 Å². The number of hydrogen-bond acceptors (Lipinski definition) is 5. The van der Waals surface area contributed by atoms with Gasteiger partial charge in [0.25, 0.3) is 5.91 Å². The van der Waals surface area contributed by atoms with Gasteiger partial charge in [0, 0.05) is 0 Å². The lowest BCUT2D eigenvalue weighted by molar-refractivity contribution is -0.115. The van der Waals surface area contributed by atoms with Gasteiger partial charge in [-0.2, -0.15) is 5.10 Å². The van der Waals surface area contributed by atoms with Gasteiger partial charge in [-0.05, 0) is 60.5 Å². The molecule has 0 bridgehead atoms. The van der Waals surface area contributed by atoms with Crippen molar-refractivity contribution in [3.05, 3.63) is 76.5 Å². The van der Waals surface area contributed by atoms with Crippen molar-refractivity contribution in [3.63, 3.8) is 0 Å². The molecule has 0 saturated carbocycles. The molecule has 3 aromatic rings. The highest BCUT2D eigenvalue weighted by molar-refractivity contribution is 8.18.